The molecule has 0 spiro atoms. The lowest BCUT2D eigenvalue weighted by molar-refractivity contribution is 0.0695. The van der Waals surface area contributed by atoms with Gasteiger partial charge in [0, 0.05) is 24.1 Å². The minimum absolute atomic E-state index is 0.0893. The van der Waals surface area contributed by atoms with E-state index < -0.39 is 11.5 Å². The molecule has 0 fully saturated rings. The molecular formula is C18H18N2O3. The average Bonchev–Trinajstić information content (AvgIpc) is 2.87. The number of aromatic carboxylic acids is 1. The van der Waals surface area contributed by atoms with Crippen LogP contribution in [0.2, 0.25) is 0 Å². The maximum absolute atomic E-state index is 12.1. The normalized spacial score (nSPS) is 11.3. The molecule has 2 N–H and O–H groups in total. The molecule has 1 aromatic carbocycles. The third-order valence-corrected chi connectivity index (χ3v) is 4.10. The molecule has 0 unspecified atom stereocenters. The Morgan fingerprint density at radius 1 is 1.22 bits per heavy atom. The quantitative estimate of drug-likeness (QED) is 0.779. The van der Waals surface area contributed by atoms with E-state index in [2.05, 4.69) is 4.98 Å². The van der Waals surface area contributed by atoms with Gasteiger partial charge in [0.25, 0.3) is 5.56 Å². The van der Waals surface area contributed by atoms with Gasteiger partial charge in [0.2, 0.25) is 0 Å². The average molecular weight is 310 g/mol. The smallest absolute Gasteiger partial charge is 0.341 e. The van der Waals surface area contributed by atoms with Crippen molar-refractivity contribution in [2.24, 2.45) is 7.05 Å². The highest BCUT2D eigenvalue weighted by atomic mass is 16.4. The Balaban J connectivity index is 2.26. The van der Waals surface area contributed by atoms with Crippen molar-refractivity contribution in [3.63, 3.8) is 0 Å². The molecule has 0 atom stereocenters. The molecule has 3 rings (SSSR count). The van der Waals surface area contributed by atoms with Crippen LogP contribution >= 0.6 is 0 Å². The molecule has 0 saturated carbocycles. The van der Waals surface area contributed by atoms with Crippen molar-refractivity contribution in [1.82, 2.24) is 9.55 Å². The molecule has 5 heteroatoms. The number of benzene rings is 1. The number of rotatable bonds is 3. The van der Waals surface area contributed by atoms with Crippen LogP contribution in [-0.4, -0.2) is 20.6 Å². The van der Waals surface area contributed by atoms with Gasteiger partial charge in [0.1, 0.15) is 5.56 Å². The third kappa shape index (κ3) is 2.54. The maximum atomic E-state index is 12.1. The predicted octanol–water partition coefficient (Wildman–Crippen LogP) is 3.36. The number of carboxylic acids is 1. The van der Waals surface area contributed by atoms with E-state index in [1.807, 2.05) is 55.9 Å². The first-order valence-electron chi connectivity index (χ1n) is 7.44. The third-order valence-electron chi connectivity index (χ3n) is 4.10. The molecule has 3 aromatic rings. The van der Waals surface area contributed by atoms with Crippen LogP contribution in [0.1, 0.15) is 35.7 Å². The lowest BCUT2D eigenvalue weighted by Gasteiger charge is -2.14. The monoisotopic (exact) mass is 310 g/mol. The molecule has 5 nitrogen and oxygen atoms in total. The second-order valence-electron chi connectivity index (χ2n) is 6.00. The van der Waals surface area contributed by atoms with E-state index in [-0.39, 0.29) is 11.5 Å². The fraction of sp³-hybridized carbons (Fsp3) is 0.222. The van der Waals surface area contributed by atoms with Gasteiger partial charge < -0.3 is 14.7 Å². The van der Waals surface area contributed by atoms with Crippen LogP contribution in [0.4, 0.5) is 0 Å². The summed E-state index contributed by atoms with van der Waals surface area (Å²) in [7, 11) is 1.98. The molecule has 2 aromatic heterocycles. The molecular weight excluding hydrogens is 292 g/mol. The maximum Gasteiger partial charge on any atom is 0.341 e. The van der Waals surface area contributed by atoms with Gasteiger partial charge in [-0.3, -0.25) is 4.79 Å². The zero-order valence-corrected chi connectivity index (χ0v) is 13.3. The SMILES string of the molecule is CC(C)c1cc(C(=O)O)c(=O)[nH]c1-c1ccc2c(ccn2C)c1. The topological polar surface area (TPSA) is 75.1 Å². The van der Waals surface area contributed by atoms with Crippen LogP contribution in [-0.2, 0) is 7.05 Å². The Kier molecular flexibility index (Phi) is 3.56. The van der Waals surface area contributed by atoms with E-state index in [0.29, 0.717) is 5.69 Å². The molecule has 0 radical (unpaired) electrons. The number of H-pyrrole nitrogens is 1. The van der Waals surface area contributed by atoms with Gasteiger partial charge in [0.15, 0.2) is 0 Å². The van der Waals surface area contributed by atoms with Gasteiger partial charge in [-0.15, -0.1) is 0 Å². The first-order valence-corrected chi connectivity index (χ1v) is 7.44. The summed E-state index contributed by atoms with van der Waals surface area (Å²) in [4.78, 5) is 26.0. The number of hydrogen-bond donors (Lipinski definition) is 2. The number of aryl methyl sites for hydroxylation is 1. The summed E-state index contributed by atoms with van der Waals surface area (Å²) in [5.41, 5.74) is 2.67. The van der Waals surface area contributed by atoms with Crippen LogP contribution < -0.4 is 5.56 Å². The van der Waals surface area contributed by atoms with E-state index in [1.165, 1.54) is 6.07 Å². The van der Waals surface area contributed by atoms with E-state index in [1.54, 1.807) is 0 Å². The minimum atomic E-state index is -1.21. The highest BCUT2D eigenvalue weighted by Crippen LogP contribution is 2.29. The Hall–Kier alpha value is -2.82. The largest absolute Gasteiger partial charge is 0.477 e. The van der Waals surface area contributed by atoms with Gasteiger partial charge in [-0.05, 0) is 41.3 Å². The van der Waals surface area contributed by atoms with Crippen LogP contribution in [0, 0.1) is 0 Å². The van der Waals surface area contributed by atoms with Crippen molar-refractivity contribution >= 4 is 16.9 Å². The number of aromatic nitrogens is 2. The van der Waals surface area contributed by atoms with Crippen molar-refractivity contribution in [1.29, 1.82) is 0 Å². The lowest BCUT2D eigenvalue weighted by atomic mass is 9.95. The molecule has 23 heavy (non-hydrogen) atoms. The zero-order valence-electron chi connectivity index (χ0n) is 13.3. The first-order chi connectivity index (χ1) is 10.9. The van der Waals surface area contributed by atoms with Crippen molar-refractivity contribution in [3.8, 4) is 11.3 Å². The highest BCUT2D eigenvalue weighted by molar-refractivity contribution is 5.89. The van der Waals surface area contributed by atoms with Gasteiger partial charge >= 0.3 is 5.97 Å². The van der Waals surface area contributed by atoms with Gasteiger partial charge in [-0.2, -0.15) is 0 Å². The number of pyridine rings is 1. The van der Waals surface area contributed by atoms with Crippen molar-refractivity contribution in [2.45, 2.75) is 19.8 Å². The molecule has 0 aliphatic carbocycles. The fourth-order valence-corrected chi connectivity index (χ4v) is 2.84. The van der Waals surface area contributed by atoms with Crippen molar-refractivity contribution in [2.75, 3.05) is 0 Å². The molecule has 0 aliphatic rings. The van der Waals surface area contributed by atoms with E-state index in [4.69, 9.17) is 5.11 Å². The number of carboxylic acid groups (broad SMARTS) is 1. The summed E-state index contributed by atoms with van der Waals surface area (Å²) in [6.45, 7) is 3.95. The van der Waals surface area contributed by atoms with Crippen molar-refractivity contribution in [3.05, 3.63) is 58.0 Å². The summed E-state index contributed by atoms with van der Waals surface area (Å²) in [6, 6.07) is 9.44. The second kappa shape index (κ2) is 5.43. The fourth-order valence-electron chi connectivity index (χ4n) is 2.84. The lowest BCUT2D eigenvalue weighted by Crippen LogP contribution is -2.19. The Morgan fingerprint density at radius 3 is 2.61 bits per heavy atom. The number of carbonyl (C=O) groups is 1. The minimum Gasteiger partial charge on any atom is -0.477 e. The molecule has 0 amide bonds. The highest BCUT2D eigenvalue weighted by Gasteiger charge is 2.17. The standard InChI is InChI=1S/C18H18N2O3/c1-10(2)13-9-14(18(22)23)17(21)19-16(13)12-4-5-15-11(8-12)6-7-20(15)3/h4-10H,1-3H3,(H,19,21)(H,22,23). The predicted molar refractivity (Wildman–Crippen MR) is 90.0 cm³/mol. The summed E-state index contributed by atoms with van der Waals surface area (Å²) < 4.78 is 2.03. The van der Waals surface area contributed by atoms with Gasteiger partial charge in [-0.1, -0.05) is 19.9 Å². The van der Waals surface area contributed by atoms with Gasteiger partial charge in [0.05, 0.1) is 5.69 Å². The number of fused-ring (bicyclic) bond motifs is 1. The molecule has 0 aliphatic heterocycles. The van der Waals surface area contributed by atoms with E-state index >= 15 is 0 Å². The molecule has 2 heterocycles. The summed E-state index contributed by atoms with van der Waals surface area (Å²) >= 11 is 0. The molecule has 0 bridgehead atoms. The number of nitrogens with one attached hydrogen (secondary N) is 1. The van der Waals surface area contributed by atoms with Crippen LogP contribution in [0.5, 0.6) is 0 Å². The van der Waals surface area contributed by atoms with Crippen LogP contribution in [0.25, 0.3) is 22.2 Å². The van der Waals surface area contributed by atoms with Gasteiger partial charge in [-0.25, -0.2) is 4.79 Å². The number of hydrogen-bond acceptors (Lipinski definition) is 2. The summed E-state index contributed by atoms with van der Waals surface area (Å²) in [6.07, 6.45) is 1.98. The Labute approximate surface area is 133 Å². The molecule has 118 valence electrons. The molecule has 0 saturated heterocycles. The number of nitrogens with zero attached hydrogens (tertiary/aromatic N) is 1. The van der Waals surface area contributed by atoms with Crippen LogP contribution in [0.3, 0.4) is 0 Å². The second-order valence-corrected chi connectivity index (χ2v) is 6.00. The van der Waals surface area contributed by atoms with E-state index in [9.17, 15) is 9.59 Å². The Bertz CT molecular complexity index is 964. The van der Waals surface area contributed by atoms with Crippen LogP contribution in [0.15, 0.2) is 41.3 Å². The van der Waals surface area contributed by atoms with E-state index in [0.717, 1.165) is 22.0 Å². The number of aromatic amines is 1. The summed E-state index contributed by atoms with van der Waals surface area (Å²) in [5.74, 6) is -1.12. The first kappa shape index (κ1) is 15.1. The zero-order chi connectivity index (χ0) is 16.7. The Morgan fingerprint density at radius 2 is 1.96 bits per heavy atom. The summed E-state index contributed by atoms with van der Waals surface area (Å²) in [5, 5.41) is 10.2. The van der Waals surface area contributed by atoms with Crippen molar-refractivity contribution < 1.29 is 9.90 Å².